The lowest BCUT2D eigenvalue weighted by molar-refractivity contribution is -0.146. The molecule has 5 heterocycles. The number of pyridine rings is 1. The van der Waals surface area contributed by atoms with Gasteiger partial charge in [0.25, 0.3) is 5.82 Å². The van der Waals surface area contributed by atoms with Crippen LogP contribution in [-0.4, -0.2) is 53.4 Å². The fraction of sp³-hybridized carbons (Fsp3) is 0.333. The minimum Gasteiger partial charge on any atom is -0.355 e. The molecule has 160 valence electrons. The van der Waals surface area contributed by atoms with Crippen LogP contribution in [0, 0.1) is 5.92 Å². The van der Waals surface area contributed by atoms with Crippen LogP contribution in [0.25, 0.3) is 11.3 Å². The molecule has 1 aliphatic rings. The molecule has 0 aromatic carbocycles. The molecule has 0 spiro atoms. The molecule has 4 aromatic heterocycles. The van der Waals surface area contributed by atoms with Gasteiger partial charge in [0.05, 0.1) is 0 Å². The van der Waals surface area contributed by atoms with Crippen LogP contribution in [0.15, 0.2) is 36.5 Å². The third-order valence-electron chi connectivity index (χ3n) is 5.24. The topological polar surface area (TPSA) is 106 Å². The van der Waals surface area contributed by atoms with E-state index in [4.69, 9.17) is 0 Å². The van der Waals surface area contributed by atoms with Crippen molar-refractivity contribution in [1.82, 2.24) is 34.4 Å². The molecule has 1 N–H and O–H groups in total. The molecule has 5 rings (SSSR count). The summed E-state index contributed by atoms with van der Waals surface area (Å²) in [4.78, 5) is 14.5. The number of rotatable bonds is 3. The summed E-state index contributed by atoms with van der Waals surface area (Å²) in [7, 11) is 0. The monoisotopic (exact) mass is 431 g/mol. The van der Waals surface area contributed by atoms with Crippen molar-refractivity contribution in [1.29, 1.82) is 0 Å². The molecule has 10 nitrogen and oxygen atoms in total. The zero-order valence-corrected chi connectivity index (χ0v) is 16.0. The number of piperidine rings is 1. The molecular weight excluding hydrogens is 415 g/mol. The molecular formula is C18H16F3N9O. The van der Waals surface area contributed by atoms with Gasteiger partial charge in [0.15, 0.2) is 11.3 Å². The minimum absolute atomic E-state index is 0.0193. The highest BCUT2D eigenvalue weighted by Crippen LogP contribution is 2.29. The van der Waals surface area contributed by atoms with Gasteiger partial charge in [-0.25, -0.2) is 0 Å². The Morgan fingerprint density at radius 1 is 1.00 bits per heavy atom. The molecule has 0 bridgehead atoms. The molecule has 1 fully saturated rings. The zero-order chi connectivity index (χ0) is 21.6. The van der Waals surface area contributed by atoms with E-state index < -0.39 is 12.0 Å². The second kappa shape index (κ2) is 7.18. The lowest BCUT2D eigenvalue weighted by atomic mass is 9.96. The summed E-state index contributed by atoms with van der Waals surface area (Å²) in [5, 5.41) is 21.6. The highest BCUT2D eigenvalue weighted by molar-refractivity contribution is 5.91. The first-order valence-electron chi connectivity index (χ1n) is 9.55. The Morgan fingerprint density at radius 2 is 1.77 bits per heavy atom. The quantitative estimate of drug-likeness (QED) is 0.529. The van der Waals surface area contributed by atoms with Crippen molar-refractivity contribution < 1.29 is 18.0 Å². The van der Waals surface area contributed by atoms with Gasteiger partial charge in [-0.2, -0.15) is 17.7 Å². The zero-order valence-electron chi connectivity index (χ0n) is 16.0. The van der Waals surface area contributed by atoms with Gasteiger partial charge in [-0.1, -0.05) is 6.07 Å². The summed E-state index contributed by atoms with van der Waals surface area (Å²) in [6, 6.07) is 8.47. The number of amides is 1. The average molecular weight is 431 g/mol. The van der Waals surface area contributed by atoms with Crippen molar-refractivity contribution in [3.8, 4) is 0 Å². The van der Waals surface area contributed by atoms with Crippen molar-refractivity contribution in [2.24, 2.45) is 5.92 Å². The van der Waals surface area contributed by atoms with Crippen molar-refractivity contribution in [2.75, 3.05) is 23.3 Å². The Balaban J connectivity index is 1.27. The van der Waals surface area contributed by atoms with Gasteiger partial charge in [-0.05, 0) is 37.1 Å². The number of halogens is 3. The van der Waals surface area contributed by atoms with E-state index in [9.17, 15) is 18.0 Å². The van der Waals surface area contributed by atoms with E-state index >= 15 is 0 Å². The summed E-state index contributed by atoms with van der Waals surface area (Å²) >= 11 is 0. The van der Waals surface area contributed by atoms with Gasteiger partial charge in [-0.15, -0.1) is 25.5 Å². The van der Waals surface area contributed by atoms with Crippen LogP contribution in [0.2, 0.25) is 0 Å². The number of alkyl halides is 3. The Hall–Kier alpha value is -3.77. The number of hydrogen-bond donors (Lipinski definition) is 1. The van der Waals surface area contributed by atoms with Crippen LogP contribution in [0.3, 0.4) is 0 Å². The van der Waals surface area contributed by atoms with Crippen molar-refractivity contribution >= 4 is 29.0 Å². The largest absolute Gasteiger partial charge is 0.453 e. The van der Waals surface area contributed by atoms with E-state index in [0.29, 0.717) is 47.9 Å². The minimum atomic E-state index is -4.65. The predicted octanol–water partition coefficient (Wildman–Crippen LogP) is 2.04. The van der Waals surface area contributed by atoms with Crippen molar-refractivity contribution in [3.05, 3.63) is 42.4 Å². The Kier molecular flexibility index (Phi) is 4.45. The number of fused-ring (bicyclic) bond motifs is 2. The van der Waals surface area contributed by atoms with Crippen LogP contribution in [0.4, 0.5) is 24.9 Å². The first kappa shape index (κ1) is 19.2. The summed E-state index contributed by atoms with van der Waals surface area (Å²) in [6.07, 6.45) is -1.84. The number of hydrogen-bond acceptors (Lipinski definition) is 7. The van der Waals surface area contributed by atoms with Crippen molar-refractivity contribution in [2.45, 2.75) is 19.0 Å². The third kappa shape index (κ3) is 3.51. The normalized spacial score (nSPS) is 15.6. The molecule has 4 aromatic rings. The first-order valence-corrected chi connectivity index (χ1v) is 9.55. The summed E-state index contributed by atoms with van der Waals surface area (Å²) in [5.74, 6) is -0.863. The van der Waals surface area contributed by atoms with Gasteiger partial charge >= 0.3 is 6.18 Å². The summed E-state index contributed by atoms with van der Waals surface area (Å²) < 4.78 is 41.6. The molecule has 0 saturated carbocycles. The molecule has 1 amide bonds. The molecule has 0 radical (unpaired) electrons. The smallest absolute Gasteiger partial charge is 0.355 e. The van der Waals surface area contributed by atoms with E-state index in [2.05, 4.69) is 30.8 Å². The molecule has 1 aliphatic heterocycles. The number of carbonyl (C=O) groups is 1. The van der Waals surface area contributed by atoms with E-state index in [1.807, 2.05) is 17.0 Å². The van der Waals surface area contributed by atoms with Crippen molar-refractivity contribution in [3.63, 3.8) is 0 Å². The van der Waals surface area contributed by atoms with Gasteiger partial charge in [0.1, 0.15) is 5.82 Å². The van der Waals surface area contributed by atoms with E-state index in [-0.39, 0.29) is 17.5 Å². The number of nitrogens with zero attached hydrogens (tertiary/aromatic N) is 8. The van der Waals surface area contributed by atoms with Gasteiger partial charge in [0, 0.05) is 25.2 Å². The van der Waals surface area contributed by atoms with Crippen LogP contribution < -0.4 is 10.2 Å². The number of carbonyl (C=O) groups excluding carboxylic acids is 1. The maximum absolute atomic E-state index is 13.1. The number of anilines is 2. The SMILES string of the molecule is O=C(Nc1nnc2ccccn12)C1CCN(c2ccc3nnc(C(F)(F)F)n3n2)CC1. The van der Waals surface area contributed by atoms with Gasteiger partial charge in [-0.3, -0.25) is 14.5 Å². The fourth-order valence-electron chi connectivity index (χ4n) is 3.63. The second-order valence-electron chi connectivity index (χ2n) is 7.19. The molecule has 13 heteroatoms. The molecule has 0 atom stereocenters. The van der Waals surface area contributed by atoms with Crippen LogP contribution in [0.1, 0.15) is 18.7 Å². The van der Waals surface area contributed by atoms with E-state index in [1.165, 1.54) is 6.07 Å². The van der Waals surface area contributed by atoms with Gasteiger partial charge in [0.2, 0.25) is 11.9 Å². The first-order chi connectivity index (χ1) is 14.9. The van der Waals surface area contributed by atoms with Gasteiger partial charge < -0.3 is 4.90 Å². The average Bonchev–Trinajstić information content (AvgIpc) is 3.38. The molecule has 0 unspecified atom stereocenters. The second-order valence-corrected chi connectivity index (χ2v) is 7.19. The van der Waals surface area contributed by atoms with E-state index in [0.717, 1.165) is 0 Å². The fourth-order valence-corrected chi connectivity index (χ4v) is 3.63. The van der Waals surface area contributed by atoms with Crippen LogP contribution in [0.5, 0.6) is 0 Å². The highest BCUT2D eigenvalue weighted by atomic mass is 19.4. The summed E-state index contributed by atoms with van der Waals surface area (Å²) in [6.45, 7) is 0.946. The van der Waals surface area contributed by atoms with E-state index in [1.54, 1.807) is 22.7 Å². The lowest BCUT2D eigenvalue weighted by Crippen LogP contribution is -2.39. The molecule has 1 saturated heterocycles. The number of nitrogens with one attached hydrogen (secondary N) is 1. The highest BCUT2D eigenvalue weighted by Gasteiger charge is 2.38. The lowest BCUT2D eigenvalue weighted by Gasteiger charge is -2.31. The summed E-state index contributed by atoms with van der Waals surface area (Å²) in [5.41, 5.74) is 0.646. The molecule has 0 aliphatic carbocycles. The standard InChI is InChI=1S/C18H16F3N9O/c19-18(20,21)16-25-24-13-4-5-14(27-30(13)16)28-9-6-11(7-10-28)15(31)22-17-26-23-12-3-1-2-8-29(12)17/h1-5,8,11H,6-7,9-10H2,(H,22,26,31). The Morgan fingerprint density at radius 3 is 2.55 bits per heavy atom. The van der Waals surface area contributed by atoms with Crippen LogP contribution >= 0.6 is 0 Å². The predicted molar refractivity (Wildman–Crippen MR) is 102 cm³/mol. The molecule has 31 heavy (non-hydrogen) atoms. The third-order valence-corrected chi connectivity index (χ3v) is 5.24. The Bertz CT molecular complexity index is 1260. The Labute approximate surface area is 172 Å². The van der Waals surface area contributed by atoms with Crippen LogP contribution in [-0.2, 0) is 11.0 Å². The number of aromatic nitrogens is 7. The maximum Gasteiger partial charge on any atom is 0.453 e. The maximum atomic E-state index is 13.1.